The highest BCUT2D eigenvalue weighted by atomic mass is 16.5. The number of ether oxygens (including phenoxy) is 2. The largest absolute Gasteiger partial charge is 0.492 e. The summed E-state index contributed by atoms with van der Waals surface area (Å²) in [6.45, 7) is 6.19. The molecule has 5 heteroatoms. The van der Waals surface area contributed by atoms with E-state index in [1.807, 2.05) is 44.2 Å². The summed E-state index contributed by atoms with van der Waals surface area (Å²) in [6.07, 6.45) is 0.176. The summed E-state index contributed by atoms with van der Waals surface area (Å²) < 4.78 is 11.1. The Kier molecular flexibility index (Phi) is 5.24. The van der Waals surface area contributed by atoms with Crippen molar-refractivity contribution in [2.45, 2.75) is 26.1 Å². The van der Waals surface area contributed by atoms with E-state index in [2.05, 4.69) is 5.32 Å². The molecule has 1 aliphatic rings. The van der Waals surface area contributed by atoms with Gasteiger partial charge in [-0.3, -0.25) is 0 Å². The summed E-state index contributed by atoms with van der Waals surface area (Å²) in [7, 11) is 0. The van der Waals surface area contributed by atoms with Crippen molar-refractivity contribution in [1.82, 2.24) is 10.2 Å². The van der Waals surface area contributed by atoms with Gasteiger partial charge in [0.1, 0.15) is 12.4 Å². The van der Waals surface area contributed by atoms with Gasteiger partial charge in [0.2, 0.25) is 0 Å². The van der Waals surface area contributed by atoms with Gasteiger partial charge in [-0.25, -0.2) is 4.79 Å². The third kappa shape index (κ3) is 4.42. The highest BCUT2D eigenvalue weighted by Gasteiger charge is 2.25. The Morgan fingerprint density at radius 1 is 1.30 bits per heavy atom. The molecule has 2 rings (SSSR count). The van der Waals surface area contributed by atoms with Crippen molar-refractivity contribution in [1.29, 1.82) is 0 Å². The summed E-state index contributed by atoms with van der Waals surface area (Å²) in [5.41, 5.74) is 0. The van der Waals surface area contributed by atoms with Crippen LogP contribution in [0.15, 0.2) is 30.3 Å². The lowest BCUT2D eigenvalue weighted by Crippen LogP contribution is -2.52. The van der Waals surface area contributed by atoms with Crippen molar-refractivity contribution < 1.29 is 14.3 Å². The molecule has 1 fully saturated rings. The monoisotopic (exact) mass is 278 g/mol. The van der Waals surface area contributed by atoms with Gasteiger partial charge in [0.15, 0.2) is 0 Å². The minimum atomic E-state index is -0.0522. The first-order valence-electron chi connectivity index (χ1n) is 7.01. The molecule has 5 nitrogen and oxygen atoms in total. The molecule has 2 unspecified atom stereocenters. The van der Waals surface area contributed by atoms with Gasteiger partial charge in [-0.1, -0.05) is 18.2 Å². The Morgan fingerprint density at radius 2 is 1.95 bits per heavy atom. The predicted molar refractivity (Wildman–Crippen MR) is 76.9 cm³/mol. The smallest absolute Gasteiger partial charge is 0.317 e. The quantitative estimate of drug-likeness (QED) is 0.856. The molecule has 1 aliphatic heterocycles. The standard InChI is InChI=1S/C15H22N2O3/c1-12-10-17(11-13(2)20-12)15(18)16-8-9-19-14-6-4-3-5-7-14/h3-7,12-13H,8-11H2,1-2H3,(H,16,18). The minimum Gasteiger partial charge on any atom is -0.492 e. The molecule has 0 bridgehead atoms. The normalized spacial score (nSPS) is 22.4. The number of amides is 2. The van der Waals surface area contributed by atoms with Crippen LogP contribution in [-0.2, 0) is 4.74 Å². The third-order valence-electron chi connectivity index (χ3n) is 3.10. The fourth-order valence-corrected chi connectivity index (χ4v) is 2.30. The van der Waals surface area contributed by atoms with Crippen molar-refractivity contribution in [2.24, 2.45) is 0 Å². The van der Waals surface area contributed by atoms with E-state index in [0.717, 1.165) is 5.75 Å². The zero-order valence-electron chi connectivity index (χ0n) is 12.0. The number of carbonyl (C=O) groups is 1. The maximum Gasteiger partial charge on any atom is 0.317 e. The fraction of sp³-hybridized carbons (Fsp3) is 0.533. The Morgan fingerprint density at radius 3 is 2.60 bits per heavy atom. The Hall–Kier alpha value is -1.75. The van der Waals surface area contributed by atoms with Crippen LogP contribution in [-0.4, -0.2) is 49.4 Å². The predicted octanol–water partition coefficient (Wildman–Crippen LogP) is 1.88. The van der Waals surface area contributed by atoms with Crippen LogP contribution in [0.3, 0.4) is 0 Å². The molecular formula is C15H22N2O3. The Labute approximate surface area is 119 Å². The van der Waals surface area contributed by atoms with Crippen molar-refractivity contribution in [3.8, 4) is 5.75 Å². The van der Waals surface area contributed by atoms with Gasteiger partial charge in [0, 0.05) is 13.1 Å². The van der Waals surface area contributed by atoms with Gasteiger partial charge in [0.05, 0.1) is 18.8 Å². The van der Waals surface area contributed by atoms with Gasteiger partial charge < -0.3 is 19.7 Å². The number of urea groups is 1. The molecular weight excluding hydrogens is 256 g/mol. The SMILES string of the molecule is CC1CN(C(=O)NCCOc2ccccc2)CC(C)O1. The van der Waals surface area contributed by atoms with Crippen LogP contribution in [0.2, 0.25) is 0 Å². The molecule has 110 valence electrons. The van der Waals surface area contributed by atoms with Gasteiger partial charge in [-0.15, -0.1) is 0 Å². The summed E-state index contributed by atoms with van der Waals surface area (Å²) >= 11 is 0. The van der Waals surface area contributed by atoms with Crippen molar-refractivity contribution in [2.75, 3.05) is 26.2 Å². The van der Waals surface area contributed by atoms with Crippen molar-refractivity contribution in [3.05, 3.63) is 30.3 Å². The molecule has 1 N–H and O–H groups in total. The maximum absolute atomic E-state index is 12.0. The fourth-order valence-electron chi connectivity index (χ4n) is 2.30. The van der Waals surface area contributed by atoms with E-state index in [9.17, 15) is 4.79 Å². The molecule has 1 aromatic carbocycles. The molecule has 0 aromatic heterocycles. The maximum atomic E-state index is 12.0. The van der Waals surface area contributed by atoms with Crippen LogP contribution in [0.5, 0.6) is 5.75 Å². The van der Waals surface area contributed by atoms with Crippen LogP contribution in [0, 0.1) is 0 Å². The van der Waals surface area contributed by atoms with E-state index in [0.29, 0.717) is 26.2 Å². The molecule has 2 atom stereocenters. The zero-order valence-corrected chi connectivity index (χ0v) is 12.0. The highest BCUT2D eigenvalue weighted by Crippen LogP contribution is 2.10. The number of rotatable bonds is 4. The topological polar surface area (TPSA) is 50.8 Å². The van der Waals surface area contributed by atoms with Gasteiger partial charge >= 0.3 is 6.03 Å². The number of para-hydroxylation sites is 1. The third-order valence-corrected chi connectivity index (χ3v) is 3.10. The van der Waals surface area contributed by atoms with Gasteiger partial charge in [-0.05, 0) is 26.0 Å². The van der Waals surface area contributed by atoms with Crippen molar-refractivity contribution >= 4 is 6.03 Å². The van der Waals surface area contributed by atoms with Crippen molar-refractivity contribution in [3.63, 3.8) is 0 Å². The number of hydrogen-bond acceptors (Lipinski definition) is 3. The summed E-state index contributed by atoms with van der Waals surface area (Å²) in [4.78, 5) is 13.8. The number of hydrogen-bond donors (Lipinski definition) is 1. The van der Waals surface area contributed by atoms with E-state index < -0.39 is 0 Å². The first kappa shape index (κ1) is 14.7. The molecule has 0 aliphatic carbocycles. The number of nitrogens with one attached hydrogen (secondary N) is 1. The van der Waals surface area contributed by atoms with Crippen LogP contribution in [0.4, 0.5) is 4.79 Å². The van der Waals surface area contributed by atoms with Crippen LogP contribution in [0.1, 0.15) is 13.8 Å². The molecule has 1 aromatic rings. The van der Waals surface area contributed by atoms with Crippen LogP contribution in [0.25, 0.3) is 0 Å². The molecule has 0 radical (unpaired) electrons. The number of carbonyl (C=O) groups excluding carboxylic acids is 1. The lowest BCUT2D eigenvalue weighted by atomic mass is 10.2. The first-order valence-corrected chi connectivity index (χ1v) is 7.01. The second kappa shape index (κ2) is 7.14. The zero-order chi connectivity index (χ0) is 14.4. The molecule has 1 heterocycles. The minimum absolute atomic E-state index is 0.0522. The Bertz CT molecular complexity index is 414. The summed E-state index contributed by atoms with van der Waals surface area (Å²) in [5, 5.41) is 2.87. The average Bonchev–Trinajstić information content (AvgIpc) is 2.43. The molecule has 0 saturated carbocycles. The number of morpholine rings is 1. The first-order chi connectivity index (χ1) is 9.65. The number of nitrogens with zero attached hydrogens (tertiary/aromatic N) is 1. The van der Waals surface area contributed by atoms with Gasteiger partial charge in [0.25, 0.3) is 0 Å². The Balaban J connectivity index is 1.67. The lowest BCUT2D eigenvalue weighted by Gasteiger charge is -2.35. The molecule has 2 amide bonds. The highest BCUT2D eigenvalue weighted by molar-refractivity contribution is 5.74. The van der Waals surface area contributed by atoms with Crippen LogP contribution >= 0.6 is 0 Å². The molecule has 0 spiro atoms. The van der Waals surface area contributed by atoms with Gasteiger partial charge in [-0.2, -0.15) is 0 Å². The second-order valence-corrected chi connectivity index (χ2v) is 5.06. The lowest BCUT2D eigenvalue weighted by molar-refractivity contribution is -0.0545. The summed E-state index contributed by atoms with van der Waals surface area (Å²) in [6, 6.07) is 9.52. The van der Waals surface area contributed by atoms with E-state index in [1.165, 1.54) is 0 Å². The second-order valence-electron chi connectivity index (χ2n) is 5.06. The molecule has 1 saturated heterocycles. The average molecular weight is 278 g/mol. The summed E-state index contributed by atoms with van der Waals surface area (Å²) in [5.74, 6) is 0.815. The van der Waals surface area contributed by atoms with E-state index in [1.54, 1.807) is 4.90 Å². The molecule has 20 heavy (non-hydrogen) atoms. The van der Waals surface area contributed by atoms with E-state index in [-0.39, 0.29) is 18.2 Å². The van der Waals surface area contributed by atoms with Crippen LogP contribution < -0.4 is 10.1 Å². The van der Waals surface area contributed by atoms with E-state index in [4.69, 9.17) is 9.47 Å². The van der Waals surface area contributed by atoms with E-state index >= 15 is 0 Å². The number of benzene rings is 1.